The Morgan fingerprint density at radius 2 is 1.93 bits per heavy atom. The molecule has 0 unspecified atom stereocenters. The van der Waals surface area contributed by atoms with Crippen molar-refractivity contribution < 1.29 is 0 Å². The molecule has 0 spiro atoms. The number of anilines is 1. The van der Waals surface area contributed by atoms with E-state index >= 15 is 0 Å². The van der Waals surface area contributed by atoms with Crippen LogP contribution in [0.3, 0.4) is 0 Å². The van der Waals surface area contributed by atoms with E-state index in [-0.39, 0.29) is 11.3 Å². The summed E-state index contributed by atoms with van der Waals surface area (Å²) in [5.74, 6) is 0.883. The fourth-order valence-corrected chi connectivity index (χ4v) is 3.08. The van der Waals surface area contributed by atoms with Gasteiger partial charge in [-0.25, -0.2) is 0 Å². The molecule has 1 aromatic carbocycles. The minimum atomic E-state index is -0.0725. The molecule has 2 aromatic heterocycles. The second-order valence-corrected chi connectivity index (χ2v) is 6.53. The van der Waals surface area contributed by atoms with Gasteiger partial charge in [0.05, 0.1) is 10.9 Å². The molecule has 0 bridgehead atoms. The van der Waals surface area contributed by atoms with Crippen LogP contribution in [0.15, 0.2) is 90.7 Å². The molecule has 0 saturated carbocycles. The van der Waals surface area contributed by atoms with Crippen LogP contribution in [-0.2, 0) is 0 Å². The second kappa shape index (κ2) is 7.87. The molecule has 0 saturated heterocycles. The molecule has 0 amide bonds. The molecule has 4 heteroatoms. The highest BCUT2D eigenvalue weighted by molar-refractivity contribution is 5.86. The third-order valence-corrected chi connectivity index (χ3v) is 4.37. The molecule has 0 aliphatic rings. The maximum Gasteiger partial charge on any atom is 0.193 e. The SMILES string of the molecule is C=C/C=C(\C=C)Nc1cc(=O)c2cncc(C(C)C)c2n1-c1ccccc1. The number of hydrogen-bond acceptors (Lipinski definition) is 3. The van der Waals surface area contributed by atoms with Gasteiger partial charge in [-0.3, -0.25) is 14.3 Å². The lowest BCUT2D eigenvalue weighted by atomic mass is 10.0. The van der Waals surface area contributed by atoms with Crippen LogP contribution < -0.4 is 10.7 Å². The smallest absolute Gasteiger partial charge is 0.193 e. The number of allylic oxidation sites excluding steroid dienone is 3. The average molecular weight is 357 g/mol. The summed E-state index contributed by atoms with van der Waals surface area (Å²) in [7, 11) is 0. The number of pyridine rings is 2. The van der Waals surface area contributed by atoms with Gasteiger partial charge in [-0.2, -0.15) is 0 Å². The van der Waals surface area contributed by atoms with Crippen molar-refractivity contribution in [2.24, 2.45) is 0 Å². The third kappa shape index (κ3) is 3.60. The predicted octanol–water partition coefficient (Wildman–Crippen LogP) is 5.18. The Kier molecular flexibility index (Phi) is 5.36. The predicted molar refractivity (Wildman–Crippen MR) is 114 cm³/mol. The molecule has 0 atom stereocenters. The number of nitrogens with zero attached hydrogens (tertiary/aromatic N) is 2. The van der Waals surface area contributed by atoms with Crippen LogP contribution in [0, 0.1) is 0 Å². The molecule has 0 aliphatic heterocycles. The third-order valence-electron chi connectivity index (χ3n) is 4.37. The summed E-state index contributed by atoms with van der Waals surface area (Å²) in [6.07, 6.45) is 8.67. The number of aromatic nitrogens is 2. The zero-order chi connectivity index (χ0) is 19.4. The Morgan fingerprint density at radius 1 is 1.19 bits per heavy atom. The molecular formula is C23H23N3O. The second-order valence-electron chi connectivity index (χ2n) is 6.53. The number of hydrogen-bond donors (Lipinski definition) is 1. The van der Waals surface area contributed by atoms with Crippen molar-refractivity contribution >= 4 is 16.7 Å². The molecule has 0 aliphatic carbocycles. The van der Waals surface area contributed by atoms with E-state index in [1.165, 1.54) is 0 Å². The zero-order valence-electron chi connectivity index (χ0n) is 15.6. The molecule has 0 fully saturated rings. The van der Waals surface area contributed by atoms with Gasteiger partial charge in [-0.15, -0.1) is 0 Å². The highest BCUT2D eigenvalue weighted by Gasteiger charge is 2.16. The number of fused-ring (bicyclic) bond motifs is 1. The lowest BCUT2D eigenvalue weighted by Gasteiger charge is -2.21. The van der Waals surface area contributed by atoms with Crippen molar-refractivity contribution in [3.05, 3.63) is 102 Å². The van der Waals surface area contributed by atoms with Crippen molar-refractivity contribution in [3.8, 4) is 5.69 Å². The molecule has 136 valence electrons. The van der Waals surface area contributed by atoms with Gasteiger partial charge in [0.15, 0.2) is 5.43 Å². The van der Waals surface area contributed by atoms with Gasteiger partial charge in [-0.1, -0.05) is 51.3 Å². The fraction of sp³-hybridized carbons (Fsp3) is 0.130. The quantitative estimate of drug-likeness (QED) is 0.619. The van der Waals surface area contributed by atoms with Gasteiger partial charge in [-0.05, 0) is 35.8 Å². The largest absolute Gasteiger partial charge is 0.341 e. The van der Waals surface area contributed by atoms with E-state index in [4.69, 9.17) is 0 Å². The lowest BCUT2D eigenvalue weighted by molar-refractivity contribution is 0.859. The summed E-state index contributed by atoms with van der Waals surface area (Å²) < 4.78 is 2.06. The van der Waals surface area contributed by atoms with Crippen molar-refractivity contribution in [1.29, 1.82) is 0 Å². The normalized spacial score (nSPS) is 11.6. The van der Waals surface area contributed by atoms with E-state index in [9.17, 15) is 4.79 Å². The van der Waals surface area contributed by atoms with Crippen LogP contribution in [0.2, 0.25) is 0 Å². The lowest BCUT2D eigenvalue weighted by Crippen LogP contribution is -2.15. The van der Waals surface area contributed by atoms with Crippen LogP contribution in [0.25, 0.3) is 16.6 Å². The first kappa shape index (κ1) is 18.4. The van der Waals surface area contributed by atoms with Gasteiger partial charge < -0.3 is 5.32 Å². The molecule has 0 radical (unpaired) electrons. The monoisotopic (exact) mass is 357 g/mol. The van der Waals surface area contributed by atoms with Crippen molar-refractivity contribution in [2.75, 3.05) is 5.32 Å². The number of benzene rings is 1. The van der Waals surface area contributed by atoms with Crippen molar-refractivity contribution in [2.45, 2.75) is 19.8 Å². The van der Waals surface area contributed by atoms with E-state index in [0.717, 1.165) is 22.5 Å². The topological polar surface area (TPSA) is 46.9 Å². The fourth-order valence-electron chi connectivity index (χ4n) is 3.08. The molecule has 1 N–H and O–H groups in total. The molecule has 4 nitrogen and oxygen atoms in total. The minimum absolute atomic E-state index is 0.0725. The Morgan fingerprint density at radius 3 is 2.56 bits per heavy atom. The molecule has 3 aromatic rings. The van der Waals surface area contributed by atoms with Crippen LogP contribution in [-0.4, -0.2) is 9.55 Å². The molecule has 27 heavy (non-hydrogen) atoms. The minimum Gasteiger partial charge on any atom is -0.341 e. The standard InChI is InChI=1S/C23H23N3O/c1-5-10-17(6-2)25-22-13-21(27)20-15-24-14-19(16(3)4)23(20)26(22)18-11-8-7-9-12-18/h5-16,25H,1-2H2,3-4H3/b17-10+. The van der Waals surface area contributed by atoms with Gasteiger partial charge >= 0.3 is 0 Å². The first-order valence-corrected chi connectivity index (χ1v) is 8.88. The molecular weight excluding hydrogens is 334 g/mol. The number of rotatable bonds is 6. The van der Waals surface area contributed by atoms with Crippen LogP contribution in [0.4, 0.5) is 5.82 Å². The van der Waals surface area contributed by atoms with E-state index in [1.807, 2.05) is 42.6 Å². The maximum absolute atomic E-state index is 12.8. The summed E-state index contributed by atoms with van der Waals surface area (Å²) in [5.41, 5.74) is 3.53. The van der Waals surface area contributed by atoms with E-state index in [1.54, 1.807) is 24.4 Å². The van der Waals surface area contributed by atoms with Gasteiger partial charge in [0.25, 0.3) is 0 Å². The summed E-state index contributed by atoms with van der Waals surface area (Å²) in [6.45, 7) is 11.8. The van der Waals surface area contributed by atoms with E-state index in [0.29, 0.717) is 11.2 Å². The van der Waals surface area contributed by atoms with Crippen LogP contribution >= 0.6 is 0 Å². The Labute approximate surface area is 159 Å². The summed E-state index contributed by atoms with van der Waals surface area (Å²) in [5, 5.41) is 3.91. The Bertz CT molecular complexity index is 1080. The summed E-state index contributed by atoms with van der Waals surface area (Å²) >= 11 is 0. The summed E-state index contributed by atoms with van der Waals surface area (Å²) in [4.78, 5) is 17.1. The summed E-state index contributed by atoms with van der Waals surface area (Å²) in [6, 6.07) is 11.6. The van der Waals surface area contributed by atoms with Gasteiger partial charge in [0.2, 0.25) is 0 Å². The molecule has 2 heterocycles. The van der Waals surface area contributed by atoms with Crippen molar-refractivity contribution in [1.82, 2.24) is 9.55 Å². The van der Waals surface area contributed by atoms with Crippen molar-refractivity contribution in [3.63, 3.8) is 0 Å². The highest BCUT2D eigenvalue weighted by Crippen LogP contribution is 2.29. The maximum atomic E-state index is 12.8. The first-order chi connectivity index (χ1) is 13.1. The molecule has 3 rings (SSSR count). The average Bonchev–Trinajstić information content (AvgIpc) is 2.68. The van der Waals surface area contributed by atoms with Crippen LogP contribution in [0.1, 0.15) is 25.3 Å². The zero-order valence-corrected chi connectivity index (χ0v) is 15.6. The highest BCUT2D eigenvalue weighted by atomic mass is 16.1. The van der Waals surface area contributed by atoms with Gasteiger partial charge in [0.1, 0.15) is 5.82 Å². The Hall–Kier alpha value is -3.40. The Balaban J connectivity index is 2.43. The van der Waals surface area contributed by atoms with E-state index in [2.05, 4.69) is 41.9 Å². The number of para-hydroxylation sites is 1. The first-order valence-electron chi connectivity index (χ1n) is 8.88. The number of nitrogens with one attached hydrogen (secondary N) is 1. The van der Waals surface area contributed by atoms with E-state index < -0.39 is 0 Å². The van der Waals surface area contributed by atoms with Gasteiger partial charge in [0, 0.05) is 29.8 Å². The van der Waals surface area contributed by atoms with Crippen LogP contribution in [0.5, 0.6) is 0 Å².